The predicted octanol–water partition coefficient (Wildman–Crippen LogP) is 2.28. The highest BCUT2D eigenvalue weighted by Gasteiger charge is 2.41. The van der Waals surface area contributed by atoms with Gasteiger partial charge in [-0.25, -0.2) is 24.3 Å². The van der Waals surface area contributed by atoms with Crippen molar-refractivity contribution in [1.29, 1.82) is 0 Å². The number of aromatic nitrogens is 4. The van der Waals surface area contributed by atoms with Crippen molar-refractivity contribution in [3.8, 4) is 0 Å². The molecule has 0 aromatic carbocycles. The molecule has 2 fully saturated rings. The number of fused-ring (bicyclic) bond motifs is 1. The van der Waals surface area contributed by atoms with Gasteiger partial charge in [-0.1, -0.05) is 20.8 Å². The fourth-order valence-corrected chi connectivity index (χ4v) is 3.74. The Morgan fingerprint density at radius 3 is 2.12 bits per heavy atom. The molecule has 2 aromatic rings. The molecule has 2 unspecified atom stereocenters. The van der Waals surface area contributed by atoms with Crippen LogP contribution in [0.3, 0.4) is 0 Å². The number of halogens is 1. The van der Waals surface area contributed by atoms with Gasteiger partial charge in [0.1, 0.15) is 12.1 Å². The van der Waals surface area contributed by atoms with Crippen LogP contribution in [-0.2, 0) is 5.41 Å². The van der Waals surface area contributed by atoms with E-state index in [1.807, 2.05) is 0 Å². The molecule has 2 aliphatic heterocycles. The Bertz CT molecular complexity index is 743. The van der Waals surface area contributed by atoms with Crippen molar-refractivity contribution in [3.05, 3.63) is 36.3 Å². The van der Waals surface area contributed by atoms with Crippen LogP contribution in [0.4, 0.5) is 16.2 Å². The third kappa shape index (κ3) is 3.15. The van der Waals surface area contributed by atoms with Crippen molar-refractivity contribution in [3.63, 3.8) is 0 Å². The molecule has 0 bridgehead atoms. The zero-order valence-corrected chi connectivity index (χ0v) is 14.9. The molecule has 0 aliphatic carbocycles. The molecule has 6 nitrogen and oxygen atoms in total. The van der Waals surface area contributed by atoms with Crippen LogP contribution in [0, 0.1) is 17.7 Å². The number of rotatable bonds is 2. The summed E-state index contributed by atoms with van der Waals surface area (Å²) in [7, 11) is 0. The van der Waals surface area contributed by atoms with E-state index in [9.17, 15) is 4.39 Å². The van der Waals surface area contributed by atoms with Gasteiger partial charge >= 0.3 is 0 Å². The summed E-state index contributed by atoms with van der Waals surface area (Å²) in [5, 5.41) is 0. The van der Waals surface area contributed by atoms with E-state index in [1.54, 1.807) is 6.33 Å². The molecule has 0 saturated carbocycles. The zero-order chi connectivity index (χ0) is 17.6. The van der Waals surface area contributed by atoms with Crippen LogP contribution in [0.5, 0.6) is 0 Å². The Balaban J connectivity index is 1.45. The maximum absolute atomic E-state index is 13.0. The molecule has 2 atom stereocenters. The van der Waals surface area contributed by atoms with Crippen LogP contribution < -0.4 is 9.80 Å². The summed E-state index contributed by atoms with van der Waals surface area (Å²) in [5.41, 5.74) is 1.08. The minimum atomic E-state index is -0.396. The second kappa shape index (κ2) is 5.89. The van der Waals surface area contributed by atoms with Gasteiger partial charge in [-0.2, -0.15) is 0 Å². The first-order valence-corrected chi connectivity index (χ1v) is 8.70. The summed E-state index contributed by atoms with van der Waals surface area (Å²) >= 11 is 0. The largest absolute Gasteiger partial charge is 0.356 e. The molecule has 25 heavy (non-hydrogen) atoms. The van der Waals surface area contributed by atoms with Gasteiger partial charge in [0.05, 0.1) is 18.1 Å². The van der Waals surface area contributed by atoms with Gasteiger partial charge < -0.3 is 9.80 Å². The Morgan fingerprint density at radius 2 is 1.52 bits per heavy atom. The molecule has 132 valence electrons. The highest BCUT2D eigenvalue weighted by atomic mass is 19.1. The van der Waals surface area contributed by atoms with E-state index in [2.05, 4.69) is 56.6 Å². The lowest BCUT2D eigenvalue weighted by Crippen LogP contribution is -2.30. The molecule has 2 aliphatic rings. The molecule has 4 heterocycles. The summed E-state index contributed by atoms with van der Waals surface area (Å²) in [4.78, 5) is 21.6. The highest BCUT2D eigenvalue weighted by Crippen LogP contribution is 2.35. The highest BCUT2D eigenvalue weighted by molar-refractivity contribution is 5.44. The molecular weight excluding hydrogens is 319 g/mol. The first kappa shape index (κ1) is 16.2. The Morgan fingerprint density at radius 1 is 0.920 bits per heavy atom. The summed E-state index contributed by atoms with van der Waals surface area (Å²) in [6.07, 6.45) is 4.14. The monoisotopic (exact) mass is 342 g/mol. The Labute approximate surface area is 147 Å². The quantitative estimate of drug-likeness (QED) is 0.834. The van der Waals surface area contributed by atoms with Crippen LogP contribution in [0.1, 0.15) is 26.5 Å². The smallest absolute Gasteiger partial charge is 0.225 e. The normalized spacial score (nSPS) is 23.2. The van der Waals surface area contributed by atoms with E-state index >= 15 is 0 Å². The Hall–Kier alpha value is -2.31. The van der Waals surface area contributed by atoms with Gasteiger partial charge in [0, 0.05) is 49.5 Å². The molecule has 0 spiro atoms. The lowest BCUT2D eigenvalue weighted by Gasteiger charge is -2.24. The second-order valence-electron chi connectivity index (χ2n) is 8.04. The van der Waals surface area contributed by atoms with Gasteiger partial charge in [0.2, 0.25) is 5.95 Å². The molecule has 2 aromatic heterocycles. The summed E-state index contributed by atoms with van der Waals surface area (Å²) in [5.74, 6) is 2.36. The third-order valence-corrected chi connectivity index (χ3v) is 5.12. The van der Waals surface area contributed by atoms with E-state index < -0.39 is 5.82 Å². The first-order valence-electron chi connectivity index (χ1n) is 8.70. The summed E-state index contributed by atoms with van der Waals surface area (Å²) in [6.45, 7) is 10.3. The first-order chi connectivity index (χ1) is 11.9. The van der Waals surface area contributed by atoms with Crippen molar-refractivity contribution in [2.45, 2.75) is 26.2 Å². The number of hydrogen-bond acceptors (Lipinski definition) is 6. The van der Waals surface area contributed by atoms with Crippen molar-refractivity contribution >= 4 is 11.8 Å². The van der Waals surface area contributed by atoms with E-state index in [1.165, 1.54) is 12.4 Å². The topological polar surface area (TPSA) is 58.0 Å². The molecule has 0 N–H and O–H groups in total. The Kier molecular flexibility index (Phi) is 3.81. The van der Waals surface area contributed by atoms with Gasteiger partial charge in [0.15, 0.2) is 5.82 Å². The van der Waals surface area contributed by atoms with Gasteiger partial charge in [-0.15, -0.1) is 0 Å². The fraction of sp³-hybridized carbons (Fsp3) is 0.556. The van der Waals surface area contributed by atoms with Crippen molar-refractivity contribution in [2.75, 3.05) is 36.0 Å². The van der Waals surface area contributed by atoms with Crippen LogP contribution in [-0.4, -0.2) is 46.1 Å². The molecule has 0 amide bonds. The number of hydrogen-bond donors (Lipinski definition) is 0. The van der Waals surface area contributed by atoms with E-state index in [0.717, 1.165) is 37.7 Å². The predicted molar refractivity (Wildman–Crippen MR) is 94.1 cm³/mol. The minimum Gasteiger partial charge on any atom is -0.356 e. The number of nitrogens with zero attached hydrogens (tertiary/aromatic N) is 6. The molecule has 2 saturated heterocycles. The van der Waals surface area contributed by atoms with Crippen molar-refractivity contribution in [2.24, 2.45) is 11.8 Å². The zero-order valence-electron chi connectivity index (χ0n) is 14.9. The lowest BCUT2D eigenvalue weighted by atomic mass is 9.92. The lowest BCUT2D eigenvalue weighted by molar-refractivity contribution is 0.533. The maximum Gasteiger partial charge on any atom is 0.225 e. The molecular formula is C18H23FN6. The van der Waals surface area contributed by atoms with Crippen molar-refractivity contribution < 1.29 is 4.39 Å². The maximum atomic E-state index is 13.0. The van der Waals surface area contributed by atoms with Gasteiger partial charge in [0.25, 0.3) is 0 Å². The van der Waals surface area contributed by atoms with E-state index in [0.29, 0.717) is 17.8 Å². The van der Waals surface area contributed by atoms with Crippen LogP contribution >= 0.6 is 0 Å². The molecule has 0 radical (unpaired) electrons. The summed E-state index contributed by atoms with van der Waals surface area (Å²) < 4.78 is 13.0. The SMILES string of the molecule is CC(C)(C)c1cc(N2CC3CN(c4ncc(F)cn4)CC3C2)ncn1. The summed E-state index contributed by atoms with van der Waals surface area (Å²) in [6, 6.07) is 2.11. The van der Waals surface area contributed by atoms with Crippen molar-refractivity contribution in [1.82, 2.24) is 19.9 Å². The molecule has 4 rings (SSSR count). The van der Waals surface area contributed by atoms with Gasteiger partial charge in [-0.05, 0) is 0 Å². The van der Waals surface area contributed by atoms with Crippen LogP contribution in [0.15, 0.2) is 24.8 Å². The molecule has 7 heteroatoms. The second-order valence-corrected chi connectivity index (χ2v) is 8.04. The van der Waals surface area contributed by atoms with Crippen LogP contribution in [0.25, 0.3) is 0 Å². The third-order valence-electron chi connectivity index (χ3n) is 5.12. The fourth-order valence-electron chi connectivity index (χ4n) is 3.74. The van der Waals surface area contributed by atoms with Crippen LogP contribution in [0.2, 0.25) is 0 Å². The average Bonchev–Trinajstić information content (AvgIpc) is 3.14. The number of anilines is 2. The van der Waals surface area contributed by atoms with E-state index in [-0.39, 0.29) is 5.41 Å². The van der Waals surface area contributed by atoms with Gasteiger partial charge in [-0.3, -0.25) is 0 Å². The minimum absolute atomic E-state index is 0.0179. The average molecular weight is 342 g/mol. The standard InChI is InChI=1S/C18H23FN6/c1-18(2,3)15-4-16(23-11-22-15)24-7-12-9-25(10-13(12)8-24)17-20-5-14(19)6-21-17/h4-6,11-13H,7-10H2,1-3H3. The van der Waals surface area contributed by atoms with E-state index in [4.69, 9.17) is 0 Å².